The summed E-state index contributed by atoms with van der Waals surface area (Å²) in [5.41, 5.74) is 4.27. The van der Waals surface area contributed by atoms with Crippen molar-refractivity contribution < 1.29 is 17.2 Å². The van der Waals surface area contributed by atoms with Crippen LogP contribution in [-0.4, -0.2) is 18.0 Å². The molecule has 0 fully saturated rings. The first kappa shape index (κ1) is 22.7. The summed E-state index contributed by atoms with van der Waals surface area (Å²) in [7, 11) is -4.18. The molecule has 0 radical (unpaired) electrons. The summed E-state index contributed by atoms with van der Waals surface area (Å²) in [6.45, 7) is 0. The molecular formula is C27H21F2N3O2S. The lowest BCUT2D eigenvalue weighted by Gasteiger charge is -2.11. The highest BCUT2D eigenvalue weighted by atomic mass is 32.2. The van der Waals surface area contributed by atoms with Crippen LogP contribution >= 0.6 is 0 Å². The molecule has 5 rings (SSSR count). The van der Waals surface area contributed by atoms with Crippen molar-refractivity contribution in [1.82, 2.24) is 9.55 Å². The third-order valence-corrected chi connectivity index (χ3v) is 7.09. The van der Waals surface area contributed by atoms with Crippen molar-refractivity contribution in [1.29, 1.82) is 0 Å². The summed E-state index contributed by atoms with van der Waals surface area (Å²) in [5.74, 6) is -1.06. The Bertz CT molecular complexity index is 1600. The van der Waals surface area contributed by atoms with Crippen LogP contribution in [0.25, 0.3) is 16.7 Å². The lowest BCUT2D eigenvalue weighted by atomic mass is 10.1. The molecule has 4 aromatic carbocycles. The summed E-state index contributed by atoms with van der Waals surface area (Å²) in [4.78, 5) is 4.22. The molecule has 0 spiro atoms. The number of rotatable bonds is 7. The first-order valence-corrected chi connectivity index (χ1v) is 12.5. The van der Waals surface area contributed by atoms with E-state index in [1.165, 1.54) is 0 Å². The van der Waals surface area contributed by atoms with Gasteiger partial charge in [-0.15, -0.1) is 0 Å². The van der Waals surface area contributed by atoms with Crippen LogP contribution in [0.2, 0.25) is 0 Å². The molecule has 5 aromatic rings. The Morgan fingerprint density at radius 1 is 0.800 bits per heavy atom. The predicted molar refractivity (Wildman–Crippen MR) is 132 cm³/mol. The van der Waals surface area contributed by atoms with Gasteiger partial charge in [0.2, 0.25) is 0 Å². The van der Waals surface area contributed by atoms with Gasteiger partial charge in [0.25, 0.3) is 10.0 Å². The van der Waals surface area contributed by atoms with Crippen LogP contribution in [0.1, 0.15) is 11.4 Å². The van der Waals surface area contributed by atoms with Crippen molar-refractivity contribution in [3.05, 3.63) is 120 Å². The number of hydrogen-bond donors (Lipinski definition) is 1. The molecule has 0 saturated carbocycles. The highest BCUT2D eigenvalue weighted by Crippen LogP contribution is 2.24. The molecule has 0 aliphatic carbocycles. The number of halogens is 2. The molecule has 5 nitrogen and oxygen atoms in total. The van der Waals surface area contributed by atoms with Gasteiger partial charge in [-0.3, -0.25) is 9.29 Å². The summed E-state index contributed by atoms with van der Waals surface area (Å²) in [6, 6.07) is 27.3. The Balaban J connectivity index is 1.34. The SMILES string of the molecule is O=S(=O)(Nc1ccc(CCc2nc3ccccc3n2-c2ccccc2)cc1)c1ccc(F)cc1F. The molecule has 1 N–H and O–H groups in total. The maximum absolute atomic E-state index is 13.9. The molecule has 0 amide bonds. The Labute approximate surface area is 201 Å². The van der Waals surface area contributed by atoms with Crippen molar-refractivity contribution in [2.24, 2.45) is 0 Å². The fourth-order valence-electron chi connectivity index (χ4n) is 4.01. The van der Waals surface area contributed by atoms with Gasteiger partial charge in [0.05, 0.1) is 11.0 Å². The maximum atomic E-state index is 13.9. The van der Waals surface area contributed by atoms with E-state index in [-0.39, 0.29) is 5.69 Å². The number of imidazole rings is 1. The van der Waals surface area contributed by atoms with Crippen LogP contribution in [0, 0.1) is 11.6 Å². The van der Waals surface area contributed by atoms with Gasteiger partial charge in [0, 0.05) is 23.9 Å². The van der Waals surface area contributed by atoms with E-state index in [2.05, 4.69) is 9.29 Å². The smallest absolute Gasteiger partial charge is 0.264 e. The van der Waals surface area contributed by atoms with Gasteiger partial charge >= 0.3 is 0 Å². The normalized spacial score (nSPS) is 11.6. The summed E-state index contributed by atoms with van der Waals surface area (Å²) in [6.07, 6.45) is 1.37. The highest BCUT2D eigenvalue weighted by molar-refractivity contribution is 7.92. The molecule has 8 heteroatoms. The first-order chi connectivity index (χ1) is 16.9. The van der Waals surface area contributed by atoms with Gasteiger partial charge in [-0.1, -0.05) is 42.5 Å². The first-order valence-electron chi connectivity index (χ1n) is 11.0. The fraction of sp³-hybridized carbons (Fsp3) is 0.0741. The van der Waals surface area contributed by atoms with E-state index >= 15 is 0 Å². The zero-order chi connectivity index (χ0) is 24.4. The minimum atomic E-state index is -4.18. The third kappa shape index (κ3) is 4.79. The number of anilines is 1. The Hall–Kier alpha value is -4.04. The van der Waals surface area contributed by atoms with E-state index in [0.29, 0.717) is 18.9 Å². The largest absolute Gasteiger partial charge is 0.296 e. The van der Waals surface area contributed by atoms with Crippen molar-refractivity contribution in [3.63, 3.8) is 0 Å². The van der Waals surface area contributed by atoms with E-state index in [9.17, 15) is 17.2 Å². The van der Waals surface area contributed by atoms with Gasteiger partial charge in [0.1, 0.15) is 22.4 Å². The monoisotopic (exact) mass is 489 g/mol. The van der Waals surface area contributed by atoms with E-state index in [0.717, 1.165) is 40.2 Å². The minimum Gasteiger partial charge on any atom is -0.296 e. The number of sulfonamides is 1. The van der Waals surface area contributed by atoms with Gasteiger partial charge in [-0.25, -0.2) is 22.2 Å². The lowest BCUT2D eigenvalue weighted by molar-refractivity contribution is 0.551. The van der Waals surface area contributed by atoms with Crippen molar-refractivity contribution in [2.45, 2.75) is 17.7 Å². The van der Waals surface area contributed by atoms with E-state index in [1.807, 2.05) is 66.7 Å². The van der Waals surface area contributed by atoms with Gasteiger partial charge < -0.3 is 0 Å². The second-order valence-electron chi connectivity index (χ2n) is 8.06. The lowest BCUT2D eigenvalue weighted by Crippen LogP contribution is -2.14. The molecule has 1 aromatic heterocycles. The number of benzene rings is 4. The number of fused-ring (bicyclic) bond motifs is 1. The standard InChI is InChI=1S/C27H21F2N3O2S/c28-20-13-16-26(23(29)18-20)35(33,34)31-21-14-10-19(11-15-21)12-17-27-30-24-8-4-5-9-25(24)32(27)22-6-2-1-3-7-22/h1-11,13-16,18,31H,12,17H2. The average molecular weight is 490 g/mol. The molecule has 0 aliphatic heterocycles. The van der Waals surface area contributed by atoms with Crippen LogP contribution in [-0.2, 0) is 22.9 Å². The molecule has 0 atom stereocenters. The van der Waals surface area contributed by atoms with Gasteiger partial charge in [0.15, 0.2) is 0 Å². The molecule has 176 valence electrons. The van der Waals surface area contributed by atoms with Crippen molar-refractivity contribution in [2.75, 3.05) is 4.72 Å². The molecular weight excluding hydrogens is 468 g/mol. The number of aromatic nitrogens is 2. The molecule has 0 bridgehead atoms. The second kappa shape index (κ2) is 9.31. The van der Waals surface area contributed by atoms with Crippen LogP contribution < -0.4 is 4.72 Å². The quantitative estimate of drug-likeness (QED) is 0.310. The van der Waals surface area contributed by atoms with Crippen LogP contribution in [0.15, 0.2) is 102 Å². The van der Waals surface area contributed by atoms with E-state index in [4.69, 9.17) is 4.98 Å². The number of aryl methyl sites for hydroxylation is 2. The number of nitrogens with one attached hydrogen (secondary N) is 1. The van der Waals surface area contributed by atoms with Gasteiger partial charge in [-0.2, -0.15) is 0 Å². The Kier molecular flexibility index (Phi) is 6.05. The summed E-state index contributed by atoms with van der Waals surface area (Å²) < 4.78 is 56.6. The average Bonchev–Trinajstić information content (AvgIpc) is 3.22. The molecule has 0 aliphatic rings. The zero-order valence-corrected chi connectivity index (χ0v) is 19.3. The van der Waals surface area contributed by atoms with Crippen LogP contribution in [0.5, 0.6) is 0 Å². The van der Waals surface area contributed by atoms with Crippen molar-refractivity contribution >= 4 is 26.7 Å². The van der Waals surface area contributed by atoms with Crippen molar-refractivity contribution in [3.8, 4) is 5.69 Å². The predicted octanol–water partition coefficient (Wildman–Crippen LogP) is 5.89. The fourth-order valence-corrected chi connectivity index (χ4v) is 5.13. The highest BCUT2D eigenvalue weighted by Gasteiger charge is 2.20. The summed E-state index contributed by atoms with van der Waals surface area (Å²) in [5, 5.41) is 0. The molecule has 0 saturated heterocycles. The van der Waals surface area contributed by atoms with E-state index < -0.39 is 26.6 Å². The summed E-state index contributed by atoms with van der Waals surface area (Å²) >= 11 is 0. The molecule has 0 unspecified atom stereocenters. The molecule has 1 heterocycles. The third-order valence-electron chi connectivity index (χ3n) is 5.67. The second-order valence-corrected chi connectivity index (χ2v) is 9.72. The Morgan fingerprint density at radius 3 is 2.26 bits per heavy atom. The van der Waals surface area contributed by atoms with E-state index in [1.54, 1.807) is 12.1 Å². The topological polar surface area (TPSA) is 64.0 Å². The van der Waals surface area contributed by atoms with Gasteiger partial charge in [-0.05, 0) is 60.5 Å². The van der Waals surface area contributed by atoms with Crippen LogP contribution in [0.3, 0.4) is 0 Å². The molecule has 35 heavy (non-hydrogen) atoms. The zero-order valence-electron chi connectivity index (χ0n) is 18.5. The van der Waals surface area contributed by atoms with Crippen LogP contribution in [0.4, 0.5) is 14.5 Å². The number of nitrogens with zero attached hydrogens (tertiary/aromatic N) is 2. The number of hydrogen-bond acceptors (Lipinski definition) is 3. The Morgan fingerprint density at radius 2 is 1.51 bits per heavy atom. The number of para-hydroxylation sites is 3. The minimum absolute atomic E-state index is 0.286. The maximum Gasteiger partial charge on any atom is 0.264 e.